The molecular formula is C27H30N2O. The molecule has 2 atom stereocenters. The van der Waals surface area contributed by atoms with Gasteiger partial charge in [-0.25, -0.2) is 0 Å². The van der Waals surface area contributed by atoms with Crippen molar-refractivity contribution < 1.29 is 4.79 Å². The van der Waals surface area contributed by atoms with Gasteiger partial charge in [-0.05, 0) is 48.6 Å². The highest BCUT2D eigenvalue weighted by Gasteiger charge is 2.21. The SMILES string of the molecule is CC1CCCN1c1ccc([C@@H](C)CC(=O)Cc2ccc(-c3ccccc3)cc2)nc1. The van der Waals surface area contributed by atoms with Crippen LogP contribution in [0.25, 0.3) is 11.1 Å². The quantitative estimate of drug-likeness (QED) is 0.486. The van der Waals surface area contributed by atoms with Gasteiger partial charge in [-0.3, -0.25) is 9.78 Å². The number of pyridine rings is 1. The number of nitrogens with zero attached hydrogens (tertiary/aromatic N) is 2. The zero-order chi connectivity index (χ0) is 20.9. The first kappa shape index (κ1) is 20.3. The maximum absolute atomic E-state index is 12.6. The van der Waals surface area contributed by atoms with E-state index >= 15 is 0 Å². The van der Waals surface area contributed by atoms with E-state index in [1.165, 1.54) is 29.7 Å². The van der Waals surface area contributed by atoms with Crippen LogP contribution in [0.2, 0.25) is 0 Å². The molecule has 30 heavy (non-hydrogen) atoms. The van der Waals surface area contributed by atoms with Gasteiger partial charge in [0.25, 0.3) is 0 Å². The molecule has 2 heterocycles. The minimum atomic E-state index is 0.131. The second-order valence-corrected chi connectivity index (χ2v) is 8.51. The molecule has 0 spiro atoms. The van der Waals surface area contributed by atoms with Gasteiger partial charge in [0, 0.05) is 37.0 Å². The standard InChI is InChI=1S/C27H30N2O/c1-20(27-15-14-25(19-28-27)29-16-6-7-21(29)2)17-26(30)18-22-10-12-24(13-11-22)23-8-4-3-5-9-23/h3-5,8-15,19-21H,6-7,16-18H2,1-2H3/t20-,21?/m0/s1. The van der Waals surface area contributed by atoms with Crippen molar-refractivity contribution >= 4 is 11.5 Å². The summed E-state index contributed by atoms with van der Waals surface area (Å²) in [6.45, 7) is 5.48. The summed E-state index contributed by atoms with van der Waals surface area (Å²) in [6.07, 6.45) is 5.47. The third-order valence-corrected chi connectivity index (χ3v) is 6.16. The fourth-order valence-electron chi connectivity index (χ4n) is 4.37. The van der Waals surface area contributed by atoms with Crippen molar-refractivity contribution in [1.82, 2.24) is 4.98 Å². The predicted molar refractivity (Wildman–Crippen MR) is 124 cm³/mol. The van der Waals surface area contributed by atoms with E-state index in [1.807, 2.05) is 24.4 Å². The number of hydrogen-bond donors (Lipinski definition) is 0. The number of aromatic nitrogens is 1. The van der Waals surface area contributed by atoms with E-state index in [-0.39, 0.29) is 11.7 Å². The molecule has 2 aromatic carbocycles. The Bertz CT molecular complexity index is 964. The average molecular weight is 399 g/mol. The van der Waals surface area contributed by atoms with E-state index in [0.29, 0.717) is 18.9 Å². The molecule has 3 nitrogen and oxygen atoms in total. The molecule has 1 saturated heterocycles. The first-order chi connectivity index (χ1) is 14.6. The highest BCUT2D eigenvalue weighted by atomic mass is 16.1. The lowest BCUT2D eigenvalue weighted by atomic mass is 9.96. The molecular weight excluding hydrogens is 368 g/mol. The molecule has 0 N–H and O–H groups in total. The van der Waals surface area contributed by atoms with E-state index in [2.05, 4.69) is 72.3 Å². The normalized spacial score (nSPS) is 17.1. The number of carbonyl (C=O) groups excluding carboxylic acids is 1. The summed E-state index contributed by atoms with van der Waals surface area (Å²) in [5.74, 6) is 0.389. The largest absolute Gasteiger partial charge is 0.368 e. The van der Waals surface area contributed by atoms with E-state index < -0.39 is 0 Å². The zero-order valence-corrected chi connectivity index (χ0v) is 17.9. The summed E-state index contributed by atoms with van der Waals surface area (Å²) in [6, 6.07) is 23.5. The molecule has 1 aliphatic rings. The molecule has 0 aliphatic carbocycles. The van der Waals surface area contributed by atoms with Gasteiger partial charge >= 0.3 is 0 Å². The number of benzene rings is 2. The number of carbonyl (C=O) groups is 1. The Hall–Kier alpha value is -2.94. The molecule has 1 aliphatic heterocycles. The Morgan fingerprint density at radius 3 is 2.40 bits per heavy atom. The Balaban J connectivity index is 1.33. The van der Waals surface area contributed by atoms with Gasteiger partial charge in [0.2, 0.25) is 0 Å². The van der Waals surface area contributed by atoms with E-state index in [1.54, 1.807) is 0 Å². The number of hydrogen-bond acceptors (Lipinski definition) is 3. The van der Waals surface area contributed by atoms with Crippen molar-refractivity contribution in [3.63, 3.8) is 0 Å². The van der Waals surface area contributed by atoms with Crippen LogP contribution in [0.5, 0.6) is 0 Å². The molecule has 0 radical (unpaired) electrons. The van der Waals surface area contributed by atoms with Gasteiger partial charge in [-0.1, -0.05) is 61.5 Å². The van der Waals surface area contributed by atoms with Crippen molar-refractivity contribution in [3.05, 3.63) is 84.2 Å². The smallest absolute Gasteiger partial charge is 0.137 e. The van der Waals surface area contributed by atoms with Crippen LogP contribution < -0.4 is 4.90 Å². The Morgan fingerprint density at radius 2 is 1.77 bits per heavy atom. The summed E-state index contributed by atoms with van der Waals surface area (Å²) in [4.78, 5) is 19.7. The summed E-state index contributed by atoms with van der Waals surface area (Å²) >= 11 is 0. The lowest BCUT2D eigenvalue weighted by molar-refractivity contribution is -0.118. The minimum Gasteiger partial charge on any atom is -0.368 e. The first-order valence-electron chi connectivity index (χ1n) is 11.0. The van der Waals surface area contributed by atoms with E-state index in [4.69, 9.17) is 0 Å². The predicted octanol–water partition coefficient (Wildman–Crippen LogP) is 6.04. The molecule has 3 heteroatoms. The highest BCUT2D eigenvalue weighted by molar-refractivity contribution is 5.81. The Kier molecular flexibility index (Phi) is 6.27. The fourth-order valence-corrected chi connectivity index (χ4v) is 4.37. The molecule has 154 valence electrons. The first-order valence-corrected chi connectivity index (χ1v) is 11.0. The number of anilines is 1. The lowest BCUT2D eigenvalue weighted by Crippen LogP contribution is -2.26. The molecule has 1 unspecified atom stereocenters. The second-order valence-electron chi connectivity index (χ2n) is 8.51. The number of rotatable bonds is 7. The second kappa shape index (κ2) is 9.25. The van der Waals surface area contributed by atoms with Crippen LogP contribution in [-0.2, 0) is 11.2 Å². The van der Waals surface area contributed by atoms with Crippen molar-refractivity contribution in [2.75, 3.05) is 11.4 Å². The van der Waals surface area contributed by atoms with Crippen LogP contribution in [0.15, 0.2) is 72.9 Å². The van der Waals surface area contributed by atoms with Crippen molar-refractivity contribution in [2.24, 2.45) is 0 Å². The monoisotopic (exact) mass is 398 g/mol. The minimum absolute atomic E-state index is 0.131. The maximum Gasteiger partial charge on any atom is 0.137 e. The average Bonchev–Trinajstić information content (AvgIpc) is 3.21. The summed E-state index contributed by atoms with van der Waals surface area (Å²) < 4.78 is 0. The number of ketones is 1. The van der Waals surface area contributed by atoms with Crippen LogP contribution in [0.3, 0.4) is 0 Å². The van der Waals surface area contributed by atoms with Crippen molar-refractivity contribution in [2.45, 2.75) is 51.5 Å². The van der Waals surface area contributed by atoms with Gasteiger partial charge in [-0.15, -0.1) is 0 Å². The van der Waals surface area contributed by atoms with Gasteiger partial charge < -0.3 is 4.90 Å². The third-order valence-electron chi connectivity index (χ3n) is 6.16. The molecule has 4 rings (SSSR count). The summed E-state index contributed by atoms with van der Waals surface area (Å²) in [7, 11) is 0. The third kappa shape index (κ3) is 4.79. The summed E-state index contributed by atoms with van der Waals surface area (Å²) in [5.41, 5.74) is 5.64. The fraction of sp³-hybridized carbons (Fsp3) is 0.333. The van der Waals surface area contributed by atoms with Crippen molar-refractivity contribution in [3.8, 4) is 11.1 Å². The Labute approximate surface area is 179 Å². The number of Topliss-reactive ketones (excluding diaryl/α,β-unsaturated/α-hetero) is 1. The van der Waals surface area contributed by atoms with Gasteiger partial charge in [0.05, 0.1) is 11.9 Å². The zero-order valence-electron chi connectivity index (χ0n) is 17.9. The molecule has 0 bridgehead atoms. The van der Waals surface area contributed by atoms with Gasteiger partial charge in [-0.2, -0.15) is 0 Å². The van der Waals surface area contributed by atoms with E-state index in [0.717, 1.165) is 17.8 Å². The van der Waals surface area contributed by atoms with Gasteiger partial charge in [0.1, 0.15) is 5.78 Å². The molecule has 3 aromatic rings. The van der Waals surface area contributed by atoms with Gasteiger partial charge in [0.15, 0.2) is 0 Å². The molecule has 0 amide bonds. The highest BCUT2D eigenvalue weighted by Crippen LogP contribution is 2.27. The van der Waals surface area contributed by atoms with Crippen LogP contribution in [0.1, 0.15) is 50.3 Å². The van der Waals surface area contributed by atoms with E-state index in [9.17, 15) is 4.79 Å². The van der Waals surface area contributed by atoms with Crippen LogP contribution in [0, 0.1) is 0 Å². The van der Waals surface area contributed by atoms with Crippen LogP contribution in [0.4, 0.5) is 5.69 Å². The molecule has 0 saturated carbocycles. The van der Waals surface area contributed by atoms with Crippen molar-refractivity contribution in [1.29, 1.82) is 0 Å². The van der Waals surface area contributed by atoms with Crippen LogP contribution >= 0.6 is 0 Å². The molecule has 1 fully saturated rings. The topological polar surface area (TPSA) is 33.2 Å². The van der Waals surface area contributed by atoms with Crippen LogP contribution in [-0.4, -0.2) is 23.4 Å². The molecule has 1 aromatic heterocycles. The summed E-state index contributed by atoms with van der Waals surface area (Å²) in [5, 5.41) is 0. The lowest BCUT2D eigenvalue weighted by Gasteiger charge is -2.23. The Morgan fingerprint density at radius 1 is 1.03 bits per heavy atom. The maximum atomic E-state index is 12.6.